The molecule has 0 atom stereocenters. The average Bonchev–Trinajstić information content (AvgIpc) is 3.66. The highest BCUT2D eigenvalue weighted by Gasteiger charge is 2.16. The van der Waals surface area contributed by atoms with E-state index in [1.807, 2.05) is 66.2 Å². The van der Waals surface area contributed by atoms with Crippen LogP contribution in [0, 0.1) is 0 Å². The van der Waals surface area contributed by atoms with Crippen LogP contribution in [0.2, 0.25) is 0 Å². The summed E-state index contributed by atoms with van der Waals surface area (Å²) in [5, 5.41) is 5.52. The van der Waals surface area contributed by atoms with Crippen molar-refractivity contribution in [1.29, 1.82) is 0 Å². The van der Waals surface area contributed by atoms with Gasteiger partial charge in [-0.3, -0.25) is 9.78 Å². The largest absolute Gasteiger partial charge is 0.497 e. The fourth-order valence-electron chi connectivity index (χ4n) is 4.93. The highest BCUT2D eigenvalue weighted by Crippen LogP contribution is 2.30. The Morgan fingerprint density at radius 1 is 0.976 bits per heavy atom. The van der Waals surface area contributed by atoms with Crippen LogP contribution in [0.4, 0.5) is 11.6 Å². The van der Waals surface area contributed by atoms with Crippen LogP contribution in [0.1, 0.15) is 33.8 Å². The Kier molecular flexibility index (Phi) is 9.84. The molecule has 0 saturated carbocycles. The first kappa shape index (κ1) is 29.3. The molecule has 3 heterocycles. The predicted octanol–water partition coefficient (Wildman–Crippen LogP) is 6.63. The lowest BCUT2D eigenvalue weighted by molar-refractivity contribution is 0.0983. The van der Waals surface area contributed by atoms with E-state index in [4.69, 9.17) is 14.5 Å². The van der Waals surface area contributed by atoms with Gasteiger partial charge in [0.1, 0.15) is 11.5 Å². The number of Topliss-reactive ketones (excluding diaryl/α,β-unsaturated/α-hetero) is 1. The second-order valence-electron chi connectivity index (χ2n) is 10.2. The van der Waals surface area contributed by atoms with Gasteiger partial charge in [-0.1, -0.05) is 12.1 Å². The molecule has 5 rings (SSSR count). The van der Waals surface area contributed by atoms with Crippen molar-refractivity contribution in [3.05, 3.63) is 94.4 Å². The van der Waals surface area contributed by atoms with Crippen molar-refractivity contribution in [3.8, 4) is 11.5 Å². The molecular weight excluding hydrogens is 546 g/mol. The quantitative estimate of drug-likeness (QED) is 0.139. The second-order valence-corrected chi connectivity index (χ2v) is 11.3. The number of rotatable bonds is 15. The number of imidazole rings is 1. The molecule has 0 amide bonds. The molecule has 0 saturated heterocycles. The van der Waals surface area contributed by atoms with Gasteiger partial charge in [0.25, 0.3) is 0 Å². The number of fused-ring (bicyclic) bond motifs is 1. The Balaban J connectivity index is 1.34. The fourth-order valence-corrected chi connectivity index (χ4v) is 5.64. The maximum absolute atomic E-state index is 13.0. The van der Waals surface area contributed by atoms with Gasteiger partial charge in [0, 0.05) is 72.1 Å². The number of nitrogens with one attached hydrogen (secondary N) is 1. The summed E-state index contributed by atoms with van der Waals surface area (Å²) in [6, 6.07) is 21.7. The molecule has 0 aliphatic rings. The van der Waals surface area contributed by atoms with Crippen LogP contribution in [0.3, 0.4) is 0 Å². The van der Waals surface area contributed by atoms with Crippen molar-refractivity contribution in [1.82, 2.24) is 19.4 Å². The summed E-state index contributed by atoms with van der Waals surface area (Å²) >= 11 is 1.68. The van der Waals surface area contributed by atoms with Crippen molar-refractivity contribution in [2.24, 2.45) is 0 Å². The normalized spacial score (nSPS) is 11.2. The number of ketones is 1. The number of hydrogen-bond acceptors (Lipinski definition) is 8. The van der Waals surface area contributed by atoms with Gasteiger partial charge in [-0.15, -0.1) is 11.3 Å². The molecule has 0 aliphatic carbocycles. The van der Waals surface area contributed by atoms with Gasteiger partial charge in [-0.05, 0) is 68.2 Å². The standard InChI is InChI=1S/C33H37N5O3S/c1-37(18-14-25-8-4-5-15-34-25)16-7-17-38-31-12-10-24(32(39)13-11-29-9-6-19-42-29)20-30(31)36-33(38)35-26-21-27(40-2)23-28(22-26)41-3/h4-6,8-10,12,15,19-23H,7,11,13-14,16-18H2,1-3H3,(H,35,36). The van der Waals surface area contributed by atoms with E-state index >= 15 is 0 Å². The Bertz CT molecular complexity index is 1580. The minimum atomic E-state index is 0.126. The zero-order valence-electron chi connectivity index (χ0n) is 24.4. The summed E-state index contributed by atoms with van der Waals surface area (Å²) < 4.78 is 13.1. The number of nitrogens with zero attached hydrogens (tertiary/aromatic N) is 4. The van der Waals surface area contributed by atoms with Crippen LogP contribution >= 0.6 is 11.3 Å². The number of carbonyl (C=O) groups is 1. The molecular formula is C33H37N5O3S. The Morgan fingerprint density at radius 3 is 2.52 bits per heavy atom. The summed E-state index contributed by atoms with van der Waals surface area (Å²) in [6.07, 6.45) is 4.92. The molecule has 0 fully saturated rings. The number of carbonyl (C=O) groups excluding carboxylic acids is 1. The van der Waals surface area contributed by atoms with Crippen molar-refractivity contribution >= 4 is 39.8 Å². The third kappa shape index (κ3) is 7.54. The second kappa shape index (κ2) is 14.1. The van der Waals surface area contributed by atoms with Crippen LogP contribution < -0.4 is 14.8 Å². The maximum Gasteiger partial charge on any atom is 0.208 e. The van der Waals surface area contributed by atoms with E-state index in [9.17, 15) is 4.79 Å². The van der Waals surface area contributed by atoms with Crippen LogP contribution in [0.15, 0.2) is 78.3 Å². The number of ether oxygens (including phenoxy) is 2. The summed E-state index contributed by atoms with van der Waals surface area (Å²) in [4.78, 5) is 26.0. The van der Waals surface area contributed by atoms with E-state index in [-0.39, 0.29) is 5.78 Å². The minimum absolute atomic E-state index is 0.126. The zero-order chi connectivity index (χ0) is 29.3. The molecule has 0 aliphatic heterocycles. The van der Waals surface area contributed by atoms with E-state index < -0.39 is 0 Å². The number of benzene rings is 2. The minimum Gasteiger partial charge on any atom is -0.497 e. The van der Waals surface area contributed by atoms with Gasteiger partial charge < -0.3 is 24.3 Å². The van der Waals surface area contributed by atoms with Gasteiger partial charge in [0.2, 0.25) is 5.95 Å². The lowest BCUT2D eigenvalue weighted by Crippen LogP contribution is -2.23. The third-order valence-corrected chi connectivity index (χ3v) is 8.19. The Labute approximate surface area is 250 Å². The van der Waals surface area contributed by atoms with Gasteiger partial charge in [-0.2, -0.15) is 0 Å². The summed E-state index contributed by atoms with van der Waals surface area (Å²) in [6.45, 7) is 2.63. The molecule has 1 N–H and O–H groups in total. The molecule has 2 aromatic carbocycles. The molecule has 0 unspecified atom stereocenters. The number of aryl methyl sites for hydroxylation is 2. The van der Waals surface area contributed by atoms with E-state index in [2.05, 4.69) is 38.9 Å². The van der Waals surface area contributed by atoms with Gasteiger partial charge >= 0.3 is 0 Å². The predicted molar refractivity (Wildman–Crippen MR) is 170 cm³/mol. The van der Waals surface area contributed by atoms with Crippen molar-refractivity contribution in [2.75, 3.05) is 39.7 Å². The summed E-state index contributed by atoms with van der Waals surface area (Å²) in [5.41, 5.74) is 4.37. The molecule has 218 valence electrons. The molecule has 8 nitrogen and oxygen atoms in total. The van der Waals surface area contributed by atoms with Crippen LogP contribution in [0.25, 0.3) is 11.0 Å². The smallest absolute Gasteiger partial charge is 0.208 e. The van der Waals surface area contributed by atoms with Crippen molar-refractivity contribution in [3.63, 3.8) is 0 Å². The molecule has 0 spiro atoms. The lowest BCUT2D eigenvalue weighted by atomic mass is 10.1. The van der Waals surface area contributed by atoms with Crippen molar-refractivity contribution < 1.29 is 14.3 Å². The molecule has 9 heteroatoms. The number of aromatic nitrogens is 3. The number of methoxy groups -OCH3 is 2. The van der Waals surface area contributed by atoms with Crippen molar-refractivity contribution in [2.45, 2.75) is 32.2 Å². The van der Waals surface area contributed by atoms with Crippen LogP contribution in [0.5, 0.6) is 11.5 Å². The summed E-state index contributed by atoms with van der Waals surface area (Å²) in [7, 11) is 5.41. The van der Waals surface area contributed by atoms with Crippen LogP contribution in [-0.2, 0) is 19.4 Å². The number of anilines is 2. The number of pyridine rings is 1. The molecule has 42 heavy (non-hydrogen) atoms. The van der Waals surface area contributed by atoms with E-state index in [0.29, 0.717) is 29.4 Å². The van der Waals surface area contributed by atoms with Gasteiger partial charge in [0.15, 0.2) is 5.78 Å². The third-order valence-electron chi connectivity index (χ3n) is 7.25. The SMILES string of the molecule is COc1cc(Nc2nc3cc(C(=O)CCc4cccs4)ccc3n2CCCN(C)CCc2ccccn2)cc(OC)c1. The van der Waals surface area contributed by atoms with E-state index in [1.165, 1.54) is 4.88 Å². The molecule has 0 radical (unpaired) electrons. The lowest BCUT2D eigenvalue weighted by Gasteiger charge is -2.17. The first-order chi connectivity index (χ1) is 20.5. The highest BCUT2D eigenvalue weighted by molar-refractivity contribution is 7.09. The summed E-state index contributed by atoms with van der Waals surface area (Å²) in [5.74, 6) is 2.21. The number of hydrogen-bond donors (Lipinski definition) is 1. The number of likely N-dealkylation sites (N-methyl/N-ethyl adjacent to an activating group) is 1. The number of thiophene rings is 1. The van der Waals surface area contributed by atoms with Gasteiger partial charge in [-0.25, -0.2) is 4.98 Å². The first-order valence-corrected chi connectivity index (χ1v) is 15.0. The van der Waals surface area contributed by atoms with E-state index in [0.717, 1.165) is 61.3 Å². The Morgan fingerprint density at radius 2 is 1.81 bits per heavy atom. The molecule has 0 bridgehead atoms. The first-order valence-electron chi connectivity index (χ1n) is 14.2. The zero-order valence-corrected chi connectivity index (χ0v) is 25.2. The maximum atomic E-state index is 13.0. The molecule has 3 aromatic heterocycles. The van der Waals surface area contributed by atoms with Crippen LogP contribution in [-0.4, -0.2) is 59.6 Å². The van der Waals surface area contributed by atoms with E-state index in [1.54, 1.807) is 25.6 Å². The monoisotopic (exact) mass is 583 g/mol. The average molecular weight is 584 g/mol. The van der Waals surface area contributed by atoms with Gasteiger partial charge in [0.05, 0.1) is 25.3 Å². The highest BCUT2D eigenvalue weighted by atomic mass is 32.1. The fraction of sp³-hybridized carbons (Fsp3) is 0.303. The Hall–Kier alpha value is -4.21. The molecule has 5 aromatic rings. The topological polar surface area (TPSA) is 81.5 Å².